The van der Waals surface area contributed by atoms with Crippen molar-refractivity contribution >= 4 is 11.4 Å². The van der Waals surface area contributed by atoms with E-state index in [1.54, 1.807) is 6.08 Å². The molecular formula is C21H28O2. The van der Waals surface area contributed by atoms with Crippen LogP contribution in [0.3, 0.4) is 0 Å². The fourth-order valence-electron chi connectivity index (χ4n) is 3.17. The number of carbonyl (C=O) groups excluding carboxylic acids is 1. The van der Waals surface area contributed by atoms with E-state index in [2.05, 4.69) is 6.58 Å². The number of aliphatic hydroxyl groups excluding tert-OH is 1. The van der Waals surface area contributed by atoms with E-state index in [0.29, 0.717) is 12.0 Å². The van der Waals surface area contributed by atoms with Gasteiger partial charge < -0.3 is 5.11 Å². The summed E-state index contributed by atoms with van der Waals surface area (Å²) in [6.45, 7) is 3.73. The lowest BCUT2D eigenvalue weighted by atomic mass is 9.98. The van der Waals surface area contributed by atoms with Gasteiger partial charge in [0, 0.05) is 12.0 Å². The Labute approximate surface area is 139 Å². The molecule has 2 heteroatoms. The Kier molecular flexibility index (Phi) is 7.28. The van der Waals surface area contributed by atoms with Crippen molar-refractivity contribution in [3.63, 3.8) is 0 Å². The Morgan fingerprint density at radius 1 is 1.04 bits per heavy atom. The number of rotatable bonds is 11. The van der Waals surface area contributed by atoms with Gasteiger partial charge in [0.1, 0.15) is 0 Å². The molecule has 1 atom stereocenters. The molecule has 1 aliphatic rings. The molecule has 0 saturated carbocycles. The molecule has 124 valence electrons. The Balaban J connectivity index is 1.65. The highest BCUT2D eigenvalue weighted by Crippen LogP contribution is 2.35. The third kappa shape index (κ3) is 5.18. The van der Waals surface area contributed by atoms with Gasteiger partial charge in [0.2, 0.25) is 0 Å². The van der Waals surface area contributed by atoms with Crippen molar-refractivity contribution in [2.75, 3.05) is 0 Å². The predicted octanol–water partition coefficient (Wildman–Crippen LogP) is 5.38. The Bertz CT molecular complexity index is 557. The fourth-order valence-corrected chi connectivity index (χ4v) is 3.17. The van der Waals surface area contributed by atoms with Crippen LogP contribution in [0.4, 0.5) is 0 Å². The first-order chi connectivity index (χ1) is 11.2. The fraction of sp³-hybridized carbons (Fsp3) is 0.476. The Morgan fingerprint density at radius 2 is 1.70 bits per heavy atom. The highest BCUT2D eigenvalue weighted by atomic mass is 16.3. The molecule has 0 saturated heterocycles. The number of ketones is 1. The molecule has 0 aromatic heterocycles. The summed E-state index contributed by atoms with van der Waals surface area (Å²) in [6, 6.07) is 7.64. The van der Waals surface area contributed by atoms with Crippen LogP contribution < -0.4 is 0 Å². The number of hydrogen-bond acceptors (Lipinski definition) is 2. The lowest BCUT2D eigenvalue weighted by molar-refractivity contribution is -0.113. The lowest BCUT2D eigenvalue weighted by Crippen LogP contribution is -2.00. The second-order valence-corrected chi connectivity index (χ2v) is 6.34. The zero-order valence-electron chi connectivity index (χ0n) is 14.0. The second-order valence-electron chi connectivity index (χ2n) is 6.34. The average molecular weight is 312 g/mol. The average Bonchev–Trinajstić information content (AvgIpc) is 2.91. The zero-order chi connectivity index (χ0) is 16.5. The van der Waals surface area contributed by atoms with Crippen molar-refractivity contribution in [1.29, 1.82) is 0 Å². The number of Topliss-reactive ketones (excluding diaryl/α,β-unsaturated/α-hetero) is 1. The monoisotopic (exact) mass is 312 g/mol. The van der Waals surface area contributed by atoms with E-state index in [4.69, 9.17) is 0 Å². The predicted molar refractivity (Wildman–Crippen MR) is 96.1 cm³/mol. The van der Waals surface area contributed by atoms with Gasteiger partial charge >= 0.3 is 0 Å². The lowest BCUT2D eigenvalue weighted by Gasteiger charge is -2.05. The molecule has 1 aromatic rings. The van der Waals surface area contributed by atoms with Crippen LogP contribution in [-0.4, -0.2) is 10.9 Å². The van der Waals surface area contributed by atoms with Gasteiger partial charge in [-0.2, -0.15) is 0 Å². The number of benzene rings is 1. The van der Waals surface area contributed by atoms with Crippen molar-refractivity contribution in [3.05, 3.63) is 54.1 Å². The molecule has 0 bridgehead atoms. The SMILES string of the molecule is C=CCCCCCCCCCC(=O)C1=CC(O)c2ccccc21. The van der Waals surface area contributed by atoms with E-state index in [-0.39, 0.29) is 5.78 Å². The molecule has 23 heavy (non-hydrogen) atoms. The summed E-state index contributed by atoms with van der Waals surface area (Å²) in [5.41, 5.74) is 2.47. The zero-order valence-corrected chi connectivity index (χ0v) is 14.0. The maximum Gasteiger partial charge on any atom is 0.163 e. The van der Waals surface area contributed by atoms with Crippen molar-refractivity contribution in [1.82, 2.24) is 0 Å². The van der Waals surface area contributed by atoms with Gasteiger partial charge in [-0.3, -0.25) is 4.79 Å². The van der Waals surface area contributed by atoms with Crippen LogP contribution in [0.15, 0.2) is 43.0 Å². The standard InChI is InChI=1S/C21H28O2/c1-2-3-4-5-6-7-8-9-10-15-20(22)19-16-21(23)18-14-12-11-13-17(18)19/h2,11-14,16,21,23H,1,3-10,15H2. The molecular weight excluding hydrogens is 284 g/mol. The molecule has 0 heterocycles. The molecule has 2 nitrogen and oxygen atoms in total. The molecule has 0 fully saturated rings. The van der Waals surface area contributed by atoms with Crippen LogP contribution >= 0.6 is 0 Å². The van der Waals surface area contributed by atoms with Gasteiger partial charge in [-0.25, -0.2) is 0 Å². The number of carbonyl (C=O) groups is 1. The number of aliphatic hydroxyl groups is 1. The van der Waals surface area contributed by atoms with Crippen LogP contribution in [0, 0.1) is 0 Å². The third-order valence-electron chi connectivity index (χ3n) is 4.51. The van der Waals surface area contributed by atoms with Crippen LogP contribution in [0.2, 0.25) is 0 Å². The third-order valence-corrected chi connectivity index (χ3v) is 4.51. The molecule has 1 aliphatic carbocycles. The largest absolute Gasteiger partial charge is 0.384 e. The van der Waals surface area contributed by atoms with Gasteiger partial charge in [-0.15, -0.1) is 6.58 Å². The van der Waals surface area contributed by atoms with Gasteiger partial charge in [0.05, 0.1) is 6.10 Å². The second kappa shape index (κ2) is 9.46. The maximum atomic E-state index is 12.4. The van der Waals surface area contributed by atoms with Crippen molar-refractivity contribution in [2.45, 2.75) is 63.9 Å². The van der Waals surface area contributed by atoms with E-state index >= 15 is 0 Å². The molecule has 1 N–H and O–H groups in total. The van der Waals surface area contributed by atoms with E-state index in [9.17, 15) is 9.90 Å². The topological polar surface area (TPSA) is 37.3 Å². The first-order valence-corrected chi connectivity index (χ1v) is 8.87. The van der Waals surface area contributed by atoms with Crippen LogP contribution in [0.25, 0.3) is 5.57 Å². The highest BCUT2D eigenvalue weighted by Gasteiger charge is 2.24. The van der Waals surface area contributed by atoms with Gasteiger partial charge in [-0.1, -0.05) is 62.4 Å². The number of unbranched alkanes of at least 4 members (excludes halogenated alkanes) is 7. The minimum Gasteiger partial charge on any atom is -0.384 e. The van der Waals surface area contributed by atoms with Gasteiger partial charge in [0.15, 0.2) is 5.78 Å². The normalized spacial score (nSPS) is 16.0. The summed E-state index contributed by atoms with van der Waals surface area (Å²) < 4.78 is 0. The number of fused-ring (bicyclic) bond motifs is 1. The Hall–Kier alpha value is -1.67. The summed E-state index contributed by atoms with van der Waals surface area (Å²) in [5, 5.41) is 10.00. The molecule has 2 rings (SSSR count). The van der Waals surface area contributed by atoms with Gasteiger partial charge in [-0.05, 0) is 36.5 Å². The quantitative estimate of drug-likeness (QED) is 0.440. The summed E-state index contributed by atoms with van der Waals surface area (Å²) in [6.07, 6.45) is 13.1. The van der Waals surface area contributed by atoms with E-state index < -0.39 is 6.10 Å². The summed E-state index contributed by atoms with van der Waals surface area (Å²) in [4.78, 5) is 12.4. The van der Waals surface area contributed by atoms with Crippen molar-refractivity contribution in [2.24, 2.45) is 0 Å². The van der Waals surface area contributed by atoms with Crippen molar-refractivity contribution < 1.29 is 9.90 Å². The molecule has 0 aliphatic heterocycles. The molecule has 1 aromatic carbocycles. The summed E-state index contributed by atoms with van der Waals surface area (Å²) in [7, 11) is 0. The van der Waals surface area contributed by atoms with E-state index in [1.807, 2.05) is 30.3 Å². The van der Waals surface area contributed by atoms with Crippen LogP contribution in [-0.2, 0) is 4.79 Å². The Morgan fingerprint density at radius 3 is 2.43 bits per heavy atom. The van der Waals surface area contributed by atoms with E-state index in [0.717, 1.165) is 30.4 Å². The molecule has 0 amide bonds. The van der Waals surface area contributed by atoms with Gasteiger partial charge in [0.25, 0.3) is 0 Å². The highest BCUT2D eigenvalue weighted by molar-refractivity contribution is 6.22. The van der Waals surface area contributed by atoms with Crippen LogP contribution in [0.5, 0.6) is 0 Å². The molecule has 0 radical (unpaired) electrons. The first-order valence-electron chi connectivity index (χ1n) is 8.87. The van der Waals surface area contributed by atoms with E-state index in [1.165, 1.54) is 32.1 Å². The number of allylic oxidation sites excluding steroid dienone is 2. The minimum atomic E-state index is -0.624. The minimum absolute atomic E-state index is 0.167. The number of hydrogen-bond donors (Lipinski definition) is 1. The maximum absolute atomic E-state index is 12.4. The summed E-state index contributed by atoms with van der Waals surface area (Å²) in [5.74, 6) is 0.167. The molecule has 0 spiro atoms. The first kappa shape index (κ1) is 17.7. The van der Waals surface area contributed by atoms with Crippen LogP contribution in [0.1, 0.15) is 75.0 Å². The summed E-state index contributed by atoms with van der Waals surface area (Å²) >= 11 is 0. The smallest absolute Gasteiger partial charge is 0.163 e. The molecule has 1 unspecified atom stereocenters. The van der Waals surface area contributed by atoms with Crippen molar-refractivity contribution in [3.8, 4) is 0 Å².